The molecule has 0 aliphatic heterocycles. The number of pyridine rings is 4. The molecule has 1 aromatic carbocycles. The molecule has 0 aliphatic carbocycles. The zero-order chi connectivity index (χ0) is 35.2. The van der Waals surface area contributed by atoms with Crippen molar-refractivity contribution in [2.45, 2.75) is 39.3 Å². The number of ether oxygens (including phenoxy) is 3. The van der Waals surface area contributed by atoms with Gasteiger partial charge in [0.05, 0.1) is 49.2 Å². The van der Waals surface area contributed by atoms with Crippen LogP contribution < -0.4 is 10.1 Å². The molecule has 0 aliphatic rings. The van der Waals surface area contributed by atoms with E-state index in [0.29, 0.717) is 85.4 Å². The van der Waals surface area contributed by atoms with Crippen molar-refractivity contribution in [3.63, 3.8) is 0 Å². The molecule has 0 saturated heterocycles. The average molecular weight is 694 g/mol. The molecule has 0 amide bonds. The SMILES string of the molecule is [19F]CCNCCOCCOCCOc1cc(CN(Cc2ccccn2)Cc2ccccn2)cc(CN(Cc2ccccn2)Cc2ccccn2)c1. The van der Waals surface area contributed by atoms with Crippen molar-refractivity contribution in [3.8, 4) is 5.75 Å². The molecule has 1 N–H and O–H groups in total. The zero-order valence-electron chi connectivity index (χ0n) is 29.2. The Balaban J connectivity index is 1.30. The number of nitrogens with zero attached hydrogens (tertiary/aromatic N) is 6. The second-order valence-electron chi connectivity index (χ2n) is 12.1. The number of aromatic nitrogens is 4. The maximum atomic E-state index is 12.2. The van der Waals surface area contributed by atoms with Crippen LogP contribution in [0.1, 0.15) is 33.9 Å². The van der Waals surface area contributed by atoms with E-state index >= 15 is 0 Å². The Bertz CT molecular complexity index is 1450. The number of hydrogen-bond donors (Lipinski definition) is 1. The van der Waals surface area contributed by atoms with E-state index in [2.05, 4.69) is 77.5 Å². The van der Waals surface area contributed by atoms with Crippen LogP contribution in [0.4, 0.5) is 4.39 Å². The van der Waals surface area contributed by atoms with E-state index in [1.165, 1.54) is 0 Å². The first-order chi connectivity index (χ1) is 25.2. The van der Waals surface area contributed by atoms with E-state index < -0.39 is 0 Å². The van der Waals surface area contributed by atoms with Gasteiger partial charge in [0.15, 0.2) is 0 Å². The lowest BCUT2D eigenvalue weighted by atomic mass is 10.1. The van der Waals surface area contributed by atoms with Crippen LogP contribution in [0.25, 0.3) is 0 Å². The Morgan fingerprint density at radius 1 is 0.490 bits per heavy atom. The minimum atomic E-state index is -0.378. The van der Waals surface area contributed by atoms with Crippen molar-refractivity contribution in [1.29, 1.82) is 0 Å². The normalized spacial score (nSPS) is 11.4. The van der Waals surface area contributed by atoms with E-state index in [9.17, 15) is 4.39 Å². The summed E-state index contributed by atoms with van der Waals surface area (Å²) in [5, 5.41) is 2.97. The van der Waals surface area contributed by atoms with Crippen LogP contribution in [-0.2, 0) is 48.7 Å². The number of hydrogen-bond acceptors (Lipinski definition) is 10. The van der Waals surface area contributed by atoms with Crippen LogP contribution >= 0.6 is 0 Å². The third-order valence-electron chi connectivity index (χ3n) is 7.85. The molecule has 0 bridgehead atoms. The monoisotopic (exact) mass is 693 g/mol. The van der Waals surface area contributed by atoms with Gasteiger partial charge in [0, 0.05) is 77.1 Å². The number of benzene rings is 1. The lowest BCUT2D eigenvalue weighted by Crippen LogP contribution is -2.25. The smallest absolute Gasteiger partial charge is 0.120 e. The molecular formula is C40H48FN7O3. The summed E-state index contributed by atoms with van der Waals surface area (Å²) in [4.78, 5) is 23.1. The Morgan fingerprint density at radius 2 is 0.922 bits per heavy atom. The van der Waals surface area contributed by atoms with Crippen LogP contribution in [0.3, 0.4) is 0 Å². The molecule has 11 heteroatoms. The fraction of sp³-hybridized carbons (Fsp3) is 0.350. The van der Waals surface area contributed by atoms with Crippen molar-refractivity contribution in [3.05, 3.63) is 150 Å². The summed E-state index contributed by atoms with van der Waals surface area (Å²) in [7, 11) is 0. The highest BCUT2D eigenvalue weighted by atomic mass is 19.1. The molecule has 5 aromatic rings. The number of halogens is 1. The molecule has 0 atom stereocenters. The first-order valence-electron chi connectivity index (χ1n) is 17.5. The zero-order valence-corrected chi connectivity index (χ0v) is 29.2. The van der Waals surface area contributed by atoms with Crippen LogP contribution in [0, 0.1) is 0 Å². The maximum absolute atomic E-state index is 12.2. The molecule has 10 nitrogen and oxygen atoms in total. The predicted molar refractivity (Wildman–Crippen MR) is 195 cm³/mol. The molecule has 5 rings (SSSR count). The standard InChI is InChI=1S/C40H48FN7O3/c41-13-18-42-19-20-49-21-22-50-23-24-51-40-26-34(28-47(30-36-9-1-5-14-43-36)31-37-10-2-6-15-44-37)25-35(27-40)29-48(32-38-11-3-7-16-45-38)33-39-12-4-8-17-46-39/h1-12,14-17,25-27,42H,13,18-24,28-33H2/i41+0. The van der Waals surface area contributed by atoms with Gasteiger partial charge >= 0.3 is 0 Å². The highest BCUT2D eigenvalue weighted by Crippen LogP contribution is 2.23. The predicted octanol–water partition coefficient (Wildman–Crippen LogP) is 5.64. The lowest BCUT2D eigenvalue weighted by molar-refractivity contribution is 0.0372. The Morgan fingerprint density at radius 3 is 1.33 bits per heavy atom. The third-order valence-corrected chi connectivity index (χ3v) is 7.85. The van der Waals surface area contributed by atoms with Gasteiger partial charge in [-0.25, -0.2) is 4.39 Å². The topological polar surface area (TPSA) is 97.8 Å². The number of rotatable bonds is 24. The van der Waals surface area contributed by atoms with Gasteiger partial charge in [-0.05, 0) is 71.8 Å². The van der Waals surface area contributed by atoms with E-state index in [1.54, 1.807) is 0 Å². The van der Waals surface area contributed by atoms with Crippen LogP contribution in [0.5, 0.6) is 5.75 Å². The summed E-state index contributed by atoms with van der Waals surface area (Å²) in [5.41, 5.74) is 6.23. The summed E-state index contributed by atoms with van der Waals surface area (Å²) in [5.74, 6) is 0.785. The summed E-state index contributed by atoms with van der Waals surface area (Å²) in [6, 6.07) is 30.5. The van der Waals surface area contributed by atoms with E-state index in [1.807, 2.05) is 73.3 Å². The van der Waals surface area contributed by atoms with Crippen LogP contribution in [0.2, 0.25) is 0 Å². The maximum Gasteiger partial charge on any atom is 0.120 e. The fourth-order valence-electron chi connectivity index (χ4n) is 5.61. The minimum Gasteiger partial charge on any atom is -0.491 e. The fourth-order valence-corrected chi connectivity index (χ4v) is 5.61. The molecule has 51 heavy (non-hydrogen) atoms. The highest BCUT2D eigenvalue weighted by Gasteiger charge is 2.15. The van der Waals surface area contributed by atoms with Gasteiger partial charge in [-0.15, -0.1) is 0 Å². The van der Waals surface area contributed by atoms with Crippen molar-refractivity contribution < 1.29 is 18.6 Å². The second kappa shape index (κ2) is 22.2. The first kappa shape index (κ1) is 37.6. The molecule has 0 saturated carbocycles. The summed E-state index contributed by atoms with van der Waals surface area (Å²) in [6.07, 6.45) is 7.33. The molecule has 0 fully saturated rings. The van der Waals surface area contributed by atoms with Crippen LogP contribution in [0.15, 0.2) is 116 Å². The van der Waals surface area contributed by atoms with Crippen molar-refractivity contribution in [1.82, 2.24) is 35.1 Å². The van der Waals surface area contributed by atoms with E-state index in [-0.39, 0.29) is 6.67 Å². The molecular weight excluding hydrogens is 645 g/mol. The Kier molecular flexibility index (Phi) is 16.4. The van der Waals surface area contributed by atoms with Crippen molar-refractivity contribution >= 4 is 0 Å². The summed E-state index contributed by atoms with van der Waals surface area (Å²) >= 11 is 0. The largest absolute Gasteiger partial charge is 0.491 e. The second-order valence-corrected chi connectivity index (χ2v) is 12.1. The summed E-state index contributed by atoms with van der Waals surface area (Å²) < 4.78 is 29.8. The highest BCUT2D eigenvalue weighted by molar-refractivity contribution is 5.35. The van der Waals surface area contributed by atoms with Gasteiger partial charge in [0.1, 0.15) is 19.0 Å². The Labute approximate surface area is 300 Å². The third kappa shape index (κ3) is 14.6. The van der Waals surface area contributed by atoms with Gasteiger partial charge in [0.2, 0.25) is 0 Å². The molecule has 268 valence electrons. The van der Waals surface area contributed by atoms with Gasteiger partial charge < -0.3 is 19.5 Å². The van der Waals surface area contributed by atoms with E-state index in [4.69, 9.17) is 14.2 Å². The molecule has 0 unspecified atom stereocenters. The van der Waals surface area contributed by atoms with Gasteiger partial charge in [-0.1, -0.05) is 30.3 Å². The molecule has 0 spiro atoms. The molecule has 4 aromatic heterocycles. The van der Waals surface area contributed by atoms with Crippen LogP contribution in [-0.4, -0.2) is 82.5 Å². The van der Waals surface area contributed by atoms with Gasteiger partial charge in [-0.2, -0.15) is 0 Å². The molecule has 4 heterocycles. The Hall–Kier alpha value is -4.65. The average Bonchev–Trinajstić information content (AvgIpc) is 3.15. The number of alkyl halides is 1. The van der Waals surface area contributed by atoms with Gasteiger partial charge in [0.25, 0.3) is 0 Å². The van der Waals surface area contributed by atoms with Gasteiger partial charge in [-0.3, -0.25) is 29.7 Å². The minimum absolute atomic E-state index is 0.346. The van der Waals surface area contributed by atoms with Crippen molar-refractivity contribution in [2.75, 3.05) is 52.8 Å². The number of nitrogens with one attached hydrogen (secondary N) is 1. The van der Waals surface area contributed by atoms with Crippen molar-refractivity contribution in [2.24, 2.45) is 0 Å². The first-order valence-corrected chi connectivity index (χ1v) is 17.5. The van der Waals surface area contributed by atoms with E-state index in [0.717, 1.165) is 39.7 Å². The summed E-state index contributed by atoms with van der Waals surface area (Å²) in [6.45, 7) is 6.91. The lowest BCUT2D eigenvalue weighted by Gasteiger charge is -2.25. The quantitative estimate of drug-likeness (QED) is 0.0818. The molecule has 0 radical (unpaired) electrons.